The van der Waals surface area contributed by atoms with Gasteiger partial charge in [-0.2, -0.15) is 0 Å². The quantitative estimate of drug-likeness (QED) is 0.759. The number of benzene rings is 1. The molecule has 0 aliphatic rings. The van der Waals surface area contributed by atoms with Gasteiger partial charge in [-0.25, -0.2) is 0 Å². The summed E-state index contributed by atoms with van der Waals surface area (Å²) < 4.78 is 5.40. The lowest BCUT2D eigenvalue weighted by Gasteiger charge is -2.00. The van der Waals surface area contributed by atoms with E-state index in [1.165, 1.54) is 11.3 Å². The van der Waals surface area contributed by atoms with Gasteiger partial charge in [-0.1, -0.05) is 34.4 Å². The molecule has 3 aromatic rings. The van der Waals surface area contributed by atoms with Gasteiger partial charge in [-0.3, -0.25) is 10.1 Å². The summed E-state index contributed by atoms with van der Waals surface area (Å²) in [7, 11) is 0. The van der Waals surface area contributed by atoms with E-state index in [4.69, 9.17) is 27.6 Å². The first-order valence-electron chi connectivity index (χ1n) is 6.23. The molecule has 1 N–H and O–H groups in total. The summed E-state index contributed by atoms with van der Waals surface area (Å²) in [5, 5.41) is 13.0. The SMILES string of the molecule is O=C(Cc1cccs1)Nc1nnc(-c2ccc(Cl)cc2Cl)o1. The van der Waals surface area contributed by atoms with Gasteiger partial charge in [0.2, 0.25) is 5.91 Å². The van der Waals surface area contributed by atoms with E-state index in [9.17, 15) is 4.79 Å². The molecule has 112 valence electrons. The Labute approximate surface area is 139 Å². The number of hydrogen-bond donors (Lipinski definition) is 1. The molecule has 0 bridgehead atoms. The molecule has 0 spiro atoms. The van der Waals surface area contributed by atoms with E-state index in [2.05, 4.69) is 15.5 Å². The molecule has 5 nitrogen and oxygen atoms in total. The van der Waals surface area contributed by atoms with Crippen molar-refractivity contribution in [1.82, 2.24) is 10.2 Å². The Hall–Kier alpha value is -1.89. The Morgan fingerprint density at radius 3 is 2.86 bits per heavy atom. The summed E-state index contributed by atoms with van der Waals surface area (Å²) in [6, 6.07) is 8.73. The van der Waals surface area contributed by atoms with Crippen LogP contribution >= 0.6 is 34.5 Å². The van der Waals surface area contributed by atoms with Gasteiger partial charge in [0, 0.05) is 9.90 Å². The number of anilines is 1. The molecule has 22 heavy (non-hydrogen) atoms. The number of hydrogen-bond acceptors (Lipinski definition) is 5. The number of amides is 1. The molecule has 1 amide bonds. The van der Waals surface area contributed by atoms with E-state index in [0.717, 1.165) is 4.88 Å². The van der Waals surface area contributed by atoms with Crippen LogP contribution in [0.2, 0.25) is 10.0 Å². The zero-order valence-electron chi connectivity index (χ0n) is 11.0. The largest absolute Gasteiger partial charge is 0.403 e. The van der Waals surface area contributed by atoms with Crippen LogP contribution < -0.4 is 5.32 Å². The maximum Gasteiger partial charge on any atom is 0.322 e. The molecule has 3 rings (SSSR count). The van der Waals surface area contributed by atoms with Gasteiger partial charge in [0.15, 0.2) is 0 Å². The van der Waals surface area contributed by atoms with Crippen LogP contribution in [-0.2, 0) is 11.2 Å². The van der Waals surface area contributed by atoms with Gasteiger partial charge in [0.25, 0.3) is 5.89 Å². The number of carbonyl (C=O) groups is 1. The fraction of sp³-hybridized carbons (Fsp3) is 0.0714. The van der Waals surface area contributed by atoms with Crippen LogP contribution in [0.3, 0.4) is 0 Å². The number of rotatable bonds is 4. The Bertz CT molecular complexity index is 802. The lowest BCUT2D eigenvalue weighted by atomic mass is 10.2. The van der Waals surface area contributed by atoms with Crippen molar-refractivity contribution in [2.75, 3.05) is 5.32 Å². The molecule has 2 heterocycles. The van der Waals surface area contributed by atoms with Gasteiger partial charge < -0.3 is 4.42 Å². The molecule has 0 saturated carbocycles. The van der Waals surface area contributed by atoms with E-state index in [0.29, 0.717) is 15.6 Å². The van der Waals surface area contributed by atoms with Crippen molar-refractivity contribution in [2.45, 2.75) is 6.42 Å². The Kier molecular flexibility index (Phi) is 4.42. The summed E-state index contributed by atoms with van der Waals surface area (Å²) in [6.07, 6.45) is 0.261. The summed E-state index contributed by atoms with van der Waals surface area (Å²) >= 11 is 13.4. The second-order valence-corrected chi connectivity index (χ2v) is 6.22. The number of nitrogens with one attached hydrogen (secondary N) is 1. The molecule has 0 radical (unpaired) electrons. The predicted molar refractivity (Wildman–Crippen MR) is 86.4 cm³/mol. The van der Waals surface area contributed by atoms with Gasteiger partial charge in [0.1, 0.15) is 0 Å². The number of thiophene rings is 1. The number of nitrogens with zero attached hydrogens (tertiary/aromatic N) is 2. The Morgan fingerprint density at radius 1 is 1.27 bits per heavy atom. The van der Waals surface area contributed by atoms with Crippen LogP contribution in [0.1, 0.15) is 4.88 Å². The van der Waals surface area contributed by atoms with E-state index in [1.807, 2.05) is 17.5 Å². The molecule has 8 heteroatoms. The molecular formula is C14H9Cl2N3O2S. The number of halogens is 2. The molecule has 0 saturated heterocycles. The molecule has 0 atom stereocenters. The van der Waals surface area contributed by atoms with Gasteiger partial charge >= 0.3 is 6.01 Å². The highest BCUT2D eigenvalue weighted by atomic mass is 35.5. The Morgan fingerprint density at radius 2 is 2.14 bits per heavy atom. The lowest BCUT2D eigenvalue weighted by Crippen LogP contribution is -2.13. The van der Waals surface area contributed by atoms with Crippen molar-refractivity contribution in [3.05, 3.63) is 50.6 Å². The minimum atomic E-state index is -0.222. The van der Waals surface area contributed by atoms with Crippen LogP contribution in [0.25, 0.3) is 11.5 Å². The topological polar surface area (TPSA) is 68.0 Å². The summed E-state index contributed by atoms with van der Waals surface area (Å²) in [5.74, 6) is -0.00653. The van der Waals surface area contributed by atoms with Crippen molar-refractivity contribution in [3.8, 4) is 11.5 Å². The second kappa shape index (κ2) is 6.48. The minimum absolute atomic E-state index is 0.0302. The summed E-state index contributed by atoms with van der Waals surface area (Å²) in [6.45, 7) is 0. The van der Waals surface area contributed by atoms with Crippen molar-refractivity contribution < 1.29 is 9.21 Å². The van der Waals surface area contributed by atoms with Crippen LogP contribution in [0, 0.1) is 0 Å². The van der Waals surface area contributed by atoms with Crippen LogP contribution in [-0.4, -0.2) is 16.1 Å². The predicted octanol–water partition coefficient (Wildman–Crippen LogP) is 4.29. The van der Waals surface area contributed by atoms with E-state index >= 15 is 0 Å². The minimum Gasteiger partial charge on any atom is -0.403 e. The highest BCUT2D eigenvalue weighted by Gasteiger charge is 2.14. The first-order chi connectivity index (χ1) is 10.6. The normalized spacial score (nSPS) is 10.6. The standard InChI is InChI=1S/C14H9Cl2N3O2S/c15-8-3-4-10(11(16)6-8)13-18-19-14(21-13)17-12(20)7-9-2-1-5-22-9/h1-6H,7H2,(H,17,19,20). The third-order valence-corrected chi connectivity index (χ3v) is 4.17. The average Bonchev–Trinajstić information content (AvgIpc) is 3.10. The van der Waals surface area contributed by atoms with Gasteiger partial charge in [0.05, 0.1) is 17.0 Å². The van der Waals surface area contributed by atoms with Crippen molar-refractivity contribution in [1.29, 1.82) is 0 Å². The second-order valence-electron chi connectivity index (χ2n) is 4.34. The summed E-state index contributed by atoms with van der Waals surface area (Å²) in [4.78, 5) is 12.8. The average molecular weight is 354 g/mol. The van der Waals surface area contributed by atoms with E-state index in [1.54, 1.807) is 18.2 Å². The smallest absolute Gasteiger partial charge is 0.322 e. The first kappa shape index (κ1) is 15.0. The highest BCUT2D eigenvalue weighted by Crippen LogP contribution is 2.30. The molecule has 0 aliphatic carbocycles. The third-order valence-electron chi connectivity index (χ3n) is 2.75. The zero-order valence-corrected chi connectivity index (χ0v) is 13.4. The molecule has 0 unspecified atom stereocenters. The number of carbonyl (C=O) groups excluding carboxylic acids is 1. The Balaban J connectivity index is 1.72. The fourth-order valence-corrected chi connectivity index (χ4v) is 2.97. The zero-order chi connectivity index (χ0) is 15.5. The van der Waals surface area contributed by atoms with E-state index in [-0.39, 0.29) is 24.2 Å². The molecule has 0 aliphatic heterocycles. The maximum absolute atomic E-state index is 11.9. The highest BCUT2D eigenvalue weighted by molar-refractivity contribution is 7.10. The van der Waals surface area contributed by atoms with Gasteiger partial charge in [-0.15, -0.1) is 16.4 Å². The third kappa shape index (κ3) is 3.47. The molecule has 0 fully saturated rings. The van der Waals surface area contributed by atoms with Gasteiger partial charge in [-0.05, 0) is 29.6 Å². The van der Waals surface area contributed by atoms with E-state index < -0.39 is 0 Å². The van der Waals surface area contributed by atoms with Crippen molar-refractivity contribution in [2.24, 2.45) is 0 Å². The van der Waals surface area contributed by atoms with Crippen LogP contribution in [0.15, 0.2) is 40.1 Å². The van der Waals surface area contributed by atoms with Crippen LogP contribution in [0.5, 0.6) is 0 Å². The molecule has 2 aromatic heterocycles. The lowest BCUT2D eigenvalue weighted by molar-refractivity contribution is -0.115. The van der Waals surface area contributed by atoms with Crippen molar-refractivity contribution in [3.63, 3.8) is 0 Å². The maximum atomic E-state index is 11.9. The summed E-state index contributed by atoms with van der Waals surface area (Å²) in [5.41, 5.74) is 0.553. The first-order valence-corrected chi connectivity index (χ1v) is 7.86. The van der Waals surface area contributed by atoms with Crippen LogP contribution in [0.4, 0.5) is 6.01 Å². The molecule has 1 aromatic carbocycles. The fourth-order valence-electron chi connectivity index (χ4n) is 1.78. The van der Waals surface area contributed by atoms with Crippen molar-refractivity contribution >= 4 is 46.5 Å². The number of aromatic nitrogens is 2. The monoisotopic (exact) mass is 353 g/mol. The molecular weight excluding hydrogens is 345 g/mol.